The highest BCUT2D eigenvalue weighted by Gasteiger charge is 2.28. The van der Waals surface area contributed by atoms with Crippen molar-refractivity contribution in [3.05, 3.63) is 27.8 Å². The van der Waals surface area contributed by atoms with Gasteiger partial charge >= 0.3 is 5.69 Å². The van der Waals surface area contributed by atoms with Crippen LogP contribution in [0.2, 0.25) is 0 Å². The number of pyridine rings is 1. The average molecular weight is 275 g/mol. The van der Waals surface area contributed by atoms with Crippen LogP contribution in [0.25, 0.3) is 20.6 Å². The molecule has 2 N–H and O–H groups in total. The number of hydrogen-bond acceptors (Lipinski definition) is 4. The largest absolute Gasteiger partial charge is 0.370 e. The number of H-pyrrole nitrogens is 2. The number of aromatic nitrogens is 3. The van der Waals surface area contributed by atoms with Crippen LogP contribution in [0.1, 0.15) is 25.1 Å². The first kappa shape index (κ1) is 11.2. The van der Waals surface area contributed by atoms with Gasteiger partial charge < -0.3 is 9.72 Å². The van der Waals surface area contributed by atoms with Crippen molar-refractivity contribution in [2.75, 3.05) is 0 Å². The summed E-state index contributed by atoms with van der Waals surface area (Å²) in [5.74, 6) is 0. The van der Waals surface area contributed by atoms with E-state index in [0.29, 0.717) is 6.61 Å². The maximum absolute atomic E-state index is 11.3. The number of imidazole rings is 1. The fourth-order valence-electron chi connectivity index (χ4n) is 2.57. The van der Waals surface area contributed by atoms with Crippen molar-refractivity contribution >= 4 is 31.9 Å². The smallest absolute Gasteiger partial charge is 0.324 e. The van der Waals surface area contributed by atoms with Gasteiger partial charge in [-0.1, -0.05) is 11.3 Å². The van der Waals surface area contributed by atoms with E-state index in [1.54, 1.807) is 0 Å². The lowest BCUT2D eigenvalue weighted by molar-refractivity contribution is -0.0411. The number of hydrogen-bond donors (Lipinski definition) is 2. The lowest BCUT2D eigenvalue weighted by atomic mass is 9.95. The van der Waals surface area contributed by atoms with Crippen LogP contribution in [0.5, 0.6) is 0 Å². The van der Waals surface area contributed by atoms with Crippen molar-refractivity contribution in [1.82, 2.24) is 15.0 Å². The topological polar surface area (TPSA) is 70.8 Å². The van der Waals surface area contributed by atoms with Crippen LogP contribution in [-0.4, -0.2) is 20.6 Å². The lowest BCUT2D eigenvalue weighted by Crippen LogP contribution is -2.32. The molecule has 4 rings (SSSR count). The SMILES string of the molecule is CC1(C)Cc2nc3sc4[nH]c(=O)[nH]c4c3cc2CO1. The third-order valence-electron chi connectivity index (χ3n) is 3.53. The molecule has 0 unspecified atom stereocenters. The van der Waals surface area contributed by atoms with Crippen LogP contribution in [0.3, 0.4) is 0 Å². The molecule has 3 aromatic heterocycles. The Morgan fingerprint density at radius 2 is 2.26 bits per heavy atom. The third-order valence-corrected chi connectivity index (χ3v) is 4.54. The number of fused-ring (bicyclic) bond motifs is 4. The molecule has 0 atom stereocenters. The van der Waals surface area contributed by atoms with Crippen molar-refractivity contribution < 1.29 is 4.74 Å². The van der Waals surface area contributed by atoms with Gasteiger partial charge in [-0.05, 0) is 19.9 Å². The summed E-state index contributed by atoms with van der Waals surface area (Å²) in [6.07, 6.45) is 0.820. The number of nitrogens with zero attached hydrogens (tertiary/aromatic N) is 1. The van der Waals surface area contributed by atoms with E-state index in [4.69, 9.17) is 9.72 Å². The second-order valence-electron chi connectivity index (χ2n) is 5.56. The summed E-state index contributed by atoms with van der Waals surface area (Å²) in [5.41, 5.74) is 2.76. The van der Waals surface area contributed by atoms with E-state index in [1.165, 1.54) is 11.3 Å². The Labute approximate surface area is 112 Å². The van der Waals surface area contributed by atoms with E-state index in [9.17, 15) is 4.79 Å². The fraction of sp³-hybridized carbons (Fsp3) is 0.385. The molecule has 98 valence electrons. The van der Waals surface area contributed by atoms with Gasteiger partial charge in [0.15, 0.2) is 0 Å². The van der Waals surface area contributed by atoms with Gasteiger partial charge in [-0.15, -0.1) is 0 Å². The van der Waals surface area contributed by atoms with Crippen molar-refractivity contribution in [3.8, 4) is 0 Å². The number of thiophene rings is 1. The zero-order valence-electron chi connectivity index (χ0n) is 10.7. The predicted molar refractivity (Wildman–Crippen MR) is 74.7 cm³/mol. The van der Waals surface area contributed by atoms with Crippen molar-refractivity contribution in [2.24, 2.45) is 0 Å². The highest BCUT2D eigenvalue weighted by Crippen LogP contribution is 2.34. The van der Waals surface area contributed by atoms with Gasteiger partial charge in [0.1, 0.15) is 9.66 Å². The first-order valence-electron chi connectivity index (χ1n) is 6.19. The van der Waals surface area contributed by atoms with Crippen molar-refractivity contribution in [3.63, 3.8) is 0 Å². The molecule has 4 heterocycles. The van der Waals surface area contributed by atoms with Crippen LogP contribution < -0.4 is 5.69 Å². The molecule has 1 aliphatic rings. The number of rotatable bonds is 0. The zero-order valence-corrected chi connectivity index (χ0v) is 11.5. The summed E-state index contributed by atoms with van der Waals surface area (Å²) in [6, 6.07) is 2.09. The lowest BCUT2D eigenvalue weighted by Gasteiger charge is -2.30. The third kappa shape index (κ3) is 1.63. The maximum atomic E-state index is 11.3. The highest BCUT2D eigenvalue weighted by molar-refractivity contribution is 7.25. The number of aromatic amines is 2. The molecule has 0 saturated carbocycles. The van der Waals surface area contributed by atoms with Gasteiger partial charge in [0, 0.05) is 17.4 Å². The summed E-state index contributed by atoms with van der Waals surface area (Å²) in [6.45, 7) is 4.74. The van der Waals surface area contributed by atoms with Crippen LogP contribution in [0.15, 0.2) is 10.9 Å². The predicted octanol–water partition coefficient (Wildman–Crippen LogP) is 2.32. The zero-order chi connectivity index (χ0) is 13.2. The number of ether oxygens (including phenoxy) is 1. The molecule has 0 bridgehead atoms. The van der Waals surface area contributed by atoms with E-state index in [1.807, 2.05) is 0 Å². The van der Waals surface area contributed by atoms with Crippen LogP contribution >= 0.6 is 11.3 Å². The first-order chi connectivity index (χ1) is 9.02. The van der Waals surface area contributed by atoms with Gasteiger partial charge in [-0.25, -0.2) is 9.78 Å². The fourth-order valence-corrected chi connectivity index (χ4v) is 3.59. The van der Waals surface area contributed by atoms with E-state index < -0.39 is 0 Å². The number of nitrogens with one attached hydrogen (secondary N) is 2. The molecule has 19 heavy (non-hydrogen) atoms. The minimum atomic E-state index is -0.168. The second kappa shape index (κ2) is 3.46. The Hall–Kier alpha value is -1.66. The molecule has 5 nitrogen and oxygen atoms in total. The van der Waals surface area contributed by atoms with Crippen molar-refractivity contribution in [2.45, 2.75) is 32.5 Å². The normalized spacial score (nSPS) is 18.0. The second-order valence-corrected chi connectivity index (χ2v) is 6.56. The van der Waals surface area contributed by atoms with E-state index >= 15 is 0 Å². The van der Waals surface area contributed by atoms with E-state index in [-0.39, 0.29) is 11.3 Å². The molecule has 0 fully saturated rings. The molecular formula is C13H13N3O2S. The van der Waals surface area contributed by atoms with E-state index in [0.717, 1.165) is 38.2 Å². The first-order valence-corrected chi connectivity index (χ1v) is 7.01. The maximum Gasteiger partial charge on any atom is 0.324 e. The summed E-state index contributed by atoms with van der Waals surface area (Å²) in [5, 5.41) is 1.00. The summed E-state index contributed by atoms with van der Waals surface area (Å²) >= 11 is 1.52. The Balaban J connectivity index is 2.00. The standard InChI is InChI=1S/C13H13N3O2S/c1-13(2)4-8-6(5-18-13)3-7-9-11(16-12(17)15-9)19-10(7)14-8/h3H,4-5H2,1-2H3,(H2,15,16,17). The van der Waals surface area contributed by atoms with Gasteiger partial charge in [-0.3, -0.25) is 4.98 Å². The van der Waals surface area contributed by atoms with Gasteiger partial charge in [0.05, 0.1) is 23.4 Å². The Morgan fingerprint density at radius 3 is 3.11 bits per heavy atom. The van der Waals surface area contributed by atoms with E-state index in [2.05, 4.69) is 29.9 Å². The quantitative estimate of drug-likeness (QED) is 0.661. The van der Waals surface area contributed by atoms with Crippen molar-refractivity contribution in [1.29, 1.82) is 0 Å². The monoisotopic (exact) mass is 275 g/mol. The molecule has 0 aliphatic carbocycles. The summed E-state index contributed by atoms with van der Waals surface area (Å²) in [4.78, 5) is 23.5. The summed E-state index contributed by atoms with van der Waals surface area (Å²) < 4.78 is 5.82. The minimum absolute atomic E-state index is 0.153. The average Bonchev–Trinajstić information content (AvgIpc) is 2.81. The molecule has 0 aromatic carbocycles. The van der Waals surface area contributed by atoms with Crippen LogP contribution in [0.4, 0.5) is 0 Å². The van der Waals surface area contributed by atoms with Gasteiger partial charge in [0.2, 0.25) is 0 Å². The molecule has 0 amide bonds. The molecule has 6 heteroatoms. The molecular weight excluding hydrogens is 262 g/mol. The Bertz CT molecular complexity index is 856. The van der Waals surface area contributed by atoms with Crippen LogP contribution in [-0.2, 0) is 17.8 Å². The molecule has 3 aromatic rings. The Morgan fingerprint density at radius 1 is 1.42 bits per heavy atom. The molecule has 0 saturated heterocycles. The Kier molecular flexibility index (Phi) is 2.04. The summed E-state index contributed by atoms with van der Waals surface area (Å²) in [7, 11) is 0. The minimum Gasteiger partial charge on any atom is -0.370 e. The molecule has 0 radical (unpaired) electrons. The van der Waals surface area contributed by atoms with Gasteiger partial charge in [0.25, 0.3) is 0 Å². The molecule has 1 aliphatic heterocycles. The highest BCUT2D eigenvalue weighted by atomic mass is 32.1. The van der Waals surface area contributed by atoms with Crippen LogP contribution in [0, 0.1) is 0 Å². The molecule has 0 spiro atoms. The van der Waals surface area contributed by atoms with Gasteiger partial charge in [-0.2, -0.15) is 0 Å².